The van der Waals surface area contributed by atoms with E-state index < -0.39 is 15.3 Å². The summed E-state index contributed by atoms with van der Waals surface area (Å²) in [5, 5.41) is 8.23. The second-order valence-electron chi connectivity index (χ2n) is 6.56. The third-order valence-electron chi connectivity index (χ3n) is 4.59. The van der Waals surface area contributed by atoms with E-state index in [0.717, 1.165) is 24.5 Å². The number of sulfonamides is 1. The Labute approximate surface area is 142 Å². The predicted molar refractivity (Wildman–Crippen MR) is 89.9 cm³/mol. The lowest BCUT2D eigenvalue weighted by Gasteiger charge is -2.32. The van der Waals surface area contributed by atoms with Gasteiger partial charge in [-0.2, -0.15) is 0 Å². The van der Waals surface area contributed by atoms with E-state index in [0.29, 0.717) is 19.6 Å². The molecule has 1 aliphatic heterocycles. The van der Waals surface area contributed by atoms with Gasteiger partial charge in [-0.05, 0) is 26.7 Å². The van der Waals surface area contributed by atoms with Crippen molar-refractivity contribution < 1.29 is 8.42 Å². The van der Waals surface area contributed by atoms with Gasteiger partial charge in [-0.3, -0.25) is 0 Å². The van der Waals surface area contributed by atoms with Gasteiger partial charge in [-0.25, -0.2) is 17.7 Å². The maximum atomic E-state index is 12.4. The fourth-order valence-electron chi connectivity index (χ4n) is 3.09. The molecule has 24 heavy (non-hydrogen) atoms. The monoisotopic (exact) mass is 352 g/mol. The molecule has 1 saturated heterocycles. The van der Waals surface area contributed by atoms with Gasteiger partial charge in [0.25, 0.3) is 0 Å². The number of piperidine rings is 1. The van der Waals surface area contributed by atoms with Crippen molar-refractivity contribution in [3.8, 4) is 0 Å². The third kappa shape index (κ3) is 3.23. The van der Waals surface area contributed by atoms with Gasteiger partial charge in [0.1, 0.15) is 5.82 Å². The van der Waals surface area contributed by atoms with Crippen molar-refractivity contribution in [2.45, 2.75) is 44.4 Å². The summed E-state index contributed by atoms with van der Waals surface area (Å²) < 4.78 is 30.4. The maximum Gasteiger partial charge on any atom is 0.216 e. The molecule has 9 heteroatoms. The van der Waals surface area contributed by atoms with E-state index in [9.17, 15) is 8.42 Å². The molecule has 3 heterocycles. The zero-order valence-corrected chi connectivity index (χ0v) is 15.1. The van der Waals surface area contributed by atoms with Crippen molar-refractivity contribution in [3.63, 3.8) is 0 Å². The summed E-state index contributed by atoms with van der Waals surface area (Å²) >= 11 is 0. The Morgan fingerprint density at radius 2 is 2.12 bits per heavy atom. The molecule has 0 radical (unpaired) electrons. The minimum Gasteiger partial charge on any atom is -0.330 e. The zero-order chi connectivity index (χ0) is 17.3. The molecule has 1 aliphatic rings. The number of imidazole rings is 1. The van der Waals surface area contributed by atoms with Crippen LogP contribution in [0.2, 0.25) is 0 Å². The molecule has 0 N–H and O–H groups in total. The van der Waals surface area contributed by atoms with Crippen molar-refractivity contribution in [2.75, 3.05) is 13.1 Å². The number of nitrogens with zero attached hydrogens (tertiary/aromatic N) is 6. The highest BCUT2D eigenvalue weighted by molar-refractivity contribution is 7.89. The van der Waals surface area contributed by atoms with Crippen molar-refractivity contribution in [3.05, 3.63) is 30.4 Å². The van der Waals surface area contributed by atoms with Gasteiger partial charge in [0, 0.05) is 38.4 Å². The van der Waals surface area contributed by atoms with Gasteiger partial charge in [0.2, 0.25) is 10.0 Å². The van der Waals surface area contributed by atoms with Crippen LogP contribution in [0.25, 0.3) is 0 Å². The first-order valence-corrected chi connectivity index (χ1v) is 9.72. The van der Waals surface area contributed by atoms with Crippen LogP contribution in [-0.2, 0) is 23.6 Å². The second kappa shape index (κ2) is 6.64. The number of rotatable bonds is 5. The van der Waals surface area contributed by atoms with E-state index in [-0.39, 0.29) is 5.92 Å². The largest absolute Gasteiger partial charge is 0.330 e. The first-order chi connectivity index (χ1) is 11.4. The fourth-order valence-corrected chi connectivity index (χ4v) is 4.46. The van der Waals surface area contributed by atoms with Crippen LogP contribution in [-0.4, -0.2) is 55.4 Å². The minimum absolute atomic E-state index is 0.0845. The Morgan fingerprint density at radius 1 is 1.33 bits per heavy atom. The third-order valence-corrected chi connectivity index (χ3v) is 6.83. The van der Waals surface area contributed by atoms with Gasteiger partial charge in [-0.1, -0.05) is 0 Å². The topological polar surface area (TPSA) is 85.9 Å². The van der Waals surface area contributed by atoms with Gasteiger partial charge < -0.3 is 9.13 Å². The van der Waals surface area contributed by atoms with Gasteiger partial charge in [-0.15, -0.1) is 10.2 Å². The summed E-state index contributed by atoms with van der Waals surface area (Å²) in [4.78, 5) is 4.03. The van der Waals surface area contributed by atoms with Crippen LogP contribution < -0.4 is 0 Å². The van der Waals surface area contributed by atoms with Crippen LogP contribution in [0.5, 0.6) is 0 Å². The Balaban J connectivity index is 1.78. The molecule has 0 aromatic carbocycles. The molecule has 0 amide bonds. The molecule has 3 rings (SSSR count). The lowest BCUT2D eigenvalue weighted by molar-refractivity contribution is 0.303. The van der Waals surface area contributed by atoms with E-state index in [1.54, 1.807) is 30.7 Å². The van der Waals surface area contributed by atoms with Crippen LogP contribution in [0.1, 0.15) is 44.3 Å². The summed E-state index contributed by atoms with van der Waals surface area (Å²) in [5.41, 5.74) is 0. The molecule has 2 aromatic rings. The Morgan fingerprint density at radius 3 is 2.79 bits per heavy atom. The highest BCUT2D eigenvalue weighted by Crippen LogP contribution is 2.28. The first-order valence-electron chi connectivity index (χ1n) is 8.22. The van der Waals surface area contributed by atoms with Crippen LogP contribution in [0.4, 0.5) is 0 Å². The van der Waals surface area contributed by atoms with E-state index in [1.165, 1.54) is 0 Å². The number of aromatic nitrogens is 5. The Kier molecular flexibility index (Phi) is 4.73. The molecule has 0 aliphatic carbocycles. The quantitative estimate of drug-likeness (QED) is 0.800. The molecule has 0 spiro atoms. The Hall–Kier alpha value is -1.74. The van der Waals surface area contributed by atoms with E-state index in [2.05, 4.69) is 15.2 Å². The number of hydrogen-bond donors (Lipinski definition) is 0. The summed E-state index contributed by atoms with van der Waals surface area (Å²) in [5.74, 6) is 1.78. The lowest BCUT2D eigenvalue weighted by Crippen LogP contribution is -2.42. The van der Waals surface area contributed by atoms with Crippen molar-refractivity contribution in [2.24, 2.45) is 7.05 Å². The highest BCUT2D eigenvalue weighted by atomic mass is 32.2. The summed E-state index contributed by atoms with van der Waals surface area (Å²) in [6.45, 7) is 5.13. The standard InChI is InChI=1S/C15H24N6O2S/c1-12(2)24(22,23)21-7-4-5-13(9-21)15-18-17-14(19(15)3)10-20-8-6-16-11-20/h6,8,11-13H,4-5,7,9-10H2,1-3H3. The van der Waals surface area contributed by atoms with Crippen LogP contribution in [0.15, 0.2) is 18.7 Å². The average Bonchev–Trinajstić information content (AvgIpc) is 3.19. The molecule has 2 aromatic heterocycles. The molecule has 1 atom stereocenters. The van der Waals surface area contributed by atoms with E-state index >= 15 is 0 Å². The number of hydrogen-bond acceptors (Lipinski definition) is 5. The summed E-state index contributed by atoms with van der Waals surface area (Å²) in [7, 11) is -1.28. The fraction of sp³-hybridized carbons (Fsp3) is 0.667. The van der Waals surface area contributed by atoms with Crippen LogP contribution in [0.3, 0.4) is 0 Å². The molecule has 0 saturated carbocycles. The van der Waals surface area contributed by atoms with Crippen LogP contribution >= 0.6 is 0 Å². The minimum atomic E-state index is -3.22. The molecule has 0 bridgehead atoms. The maximum absolute atomic E-state index is 12.4. The van der Waals surface area contributed by atoms with Crippen molar-refractivity contribution in [1.82, 2.24) is 28.6 Å². The Bertz CT molecular complexity index is 781. The average molecular weight is 352 g/mol. The molecule has 1 unspecified atom stereocenters. The second-order valence-corrected chi connectivity index (χ2v) is 9.05. The zero-order valence-electron chi connectivity index (χ0n) is 14.3. The lowest BCUT2D eigenvalue weighted by atomic mass is 9.99. The van der Waals surface area contributed by atoms with Crippen molar-refractivity contribution in [1.29, 1.82) is 0 Å². The van der Waals surface area contributed by atoms with Gasteiger partial charge in [0.05, 0.1) is 18.1 Å². The van der Waals surface area contributed by atoms with Crippen LogP contribution in [0, 0.1) is 0 Å². The molecule has 1 fully saturated rings. The smallest absolute Gasteiger partial charge is 0.216 e. The highest BCUT2D eigenvalue weighted by Gasteiger charge is 2.33. The summed E-state index contributed by atoms with van der Waals surface area (Å²) in [6.07, 6.45) is 7.13. The van der Waals surface area contributed by atoms with Gasteiger partial charge in [0.15, 0.2) is 5.82 Å². The van der Waals surface area contributed by atoms with Gasteiger partial charge >= 0.3 is 0 Å². The molecule has 8 nitrogen and oxygen atoms in total. The normalized spacial score (nSPS) is 19.9. The predicted octanol–water partition coefficient (Wildman–Crippen LogP) is 0.977. The summed E-state index contributed by atoms with van der Waals surface area (Å²) in [6, 6.07) is 0. The van der Waals surface area contributed by atoms with E-state index in [1.807, 2.05) is 22.4 Å². The molecule has 132 valence electrons. The molecular formula is C15H24N6O2S. The van der Waals surface area contributed by atoms with E-state index in [4.69, 9.17) is 0 Å². The van der Waals surface area contributed by atoms with Crippen molar-refractivity contribution >= 4 is 10.0 Å². The first kappa shape index (κ1) is 17.1. The SMILES string of the molecule is CC(C)S(=O)(=O)N1CCCC(c2nnc(Cn3ccnc3)n2C)C1. The molecular weight excluding hydrogens is 328 g/mol.